The molecule has 2 aromatic heterocycles. The number of para-hydroxylation sites is 1. The predicted octanol–water partition coefficient (Wildman–Crippen LogP) is 3.03. The molecule has 1 N–H and O–H groups in total. The second-order valence-corrected chi connectivity index (χ2v) is 5.74. The second-order valence-electron chi connectivity index (χ2n) is 5.35. The molecule has 0 atom stereocenters. The fourth-order valence-corrected chi connectivity index (χ4v) is 2.82. The van der Waals surface area contributed by atoms with E-state index in [2.05, 4.69) is 39.6 Å². The summed E-state index contributed by atoms with van der Waals surface area (Å²) in [6.45, 7) is 2.54. The number of nitrogens with zero attached hydrogens (tertiary/aromatic N) is 5. The summed E-state index contributed by atoms with van der Waals surface area (Å²) in [4.78, 5) is 0. The normalized spacial score (nSPS) is 11.2. The Morgan fingerprint density at radius 1 is 1.09 bits per heavy atom. The van der Waals surface area contributed by atoms with Gasteiger partial charge in [-0.25, -0.2) is 4.68 Å². The number of nitrogens with one attached hydrogen (secondary N) is 1. The smallest absolute Gasteiger partial charge is 0.199 e. The van der Waals surface area contributed by atoms with Crippen LogP contribution in [0.1, 0.15) is 11.4 Å². The van der Waals surface area contributed by atoms with Crippen LogP contribution in [-0.2, 0) is 6.54 Å². The van der Waals surface area contributed by atoms with Gasteiger partial charge in [0, 0.05) is 5.69 Å². The van der Waals surface area contributed by atoms with Crippen molar-refractivity contribution in [1.82, 2.24) is 29.8 Å². The molecule has 0 aliphatic rings. The molecule has 2 heterocycles. The van der Waals surface area contributed by atoms with Gasteiger partial charge >= 0.3 is 0 Å². The number of aromatic amines is 1. The van der Waals surface area contributed by atoms with E-state index in [4.69, 9.17) is 12.2 Å². The maximum atomic E-state index is 5.38. The molecule has 0 amide bonds. The van der Waals surface area contributed by atoms with E-state index in [1.807, 2.05) is 45.6 Å². The molecule has 6 nitrogen and oxygen atoms in total. The Hall–Kier alpha value is -2.80. The number of benzene rings is 2. The molecular weight excluding hydrogens is 308 g/mol. The number of aryl methyl sites for hydroxylation is 1. The first-order valence-electron chi connectivity index (χ1n) is 7.24. The molecule has 0 fully saturated rings. The van der Waals surface area contributed by atoms with Crippen LogP contribution in [0.2, 0.25) is 0 Å². The minimum Gasteiger partial charge on any atom is -0.271 e. The molecule has 4 aromatic rings. The second kappa shape index (κ2) is 5.44. The fraction of sp³-hybridized carbons (Fsp3) is 0.125. The van der Waals surface area contributed by atoms with Crippen molar-refractivity contribution in [1.29, 1.82) is 0 Å². The summed E-state index contributed by atoms with van der Waals surface area (Å²) in [5.41, 5.74) is 4.02. The Balaban J connectivity index is 1.79. The van der Waals surface area contributed by atoms with Gasteiger partial charge < -0.3 is 0 Å². The van der Waals surface area contributed by atoms with Crippen LogP contribution in [-0.4, -0.2) is 29.8 Å². The molecule has 0 unspecified atom stereocenters. The van der Waals surface area contributed by atoms with Crippen molar-refractivity contribution in [2.75, 3.05) is 0 Å². The van der Waals surface area contributed by atoms with E-state index in [1.165, 1.54) is 5.56 Å². The van der Waals surface area contributed by atoms with E-state index >= 15 is 0 Å². The predicted molar refractivity (Wildman–Crippen MR) is 90.1 cm³/mol. The van der Waals surface area contributed by atoms with Crippen molar-refractivity contribution in [3.05, 3.63) is 64.7 Å². The summed E-state index contributed by atoms with van der Waals surface area (Å²) in [6.07, 6.45) is 0. The molecule has 7 heteroatoms. The zero-order valence-electron chi connectivity index (χ0n) is 12.5. The fourth-order valence-electron chi connectivity index (χ4n) is 2.56. The highest BCUT2D eigenvalue weighted by atomic mass is 32.1. The summed E-state index contributed by atoms with van der Waals surface area (Å²) < 4.78 is 4.31. The first kappa shape index (κ1) is 13.8. The third-order valence-electron chi connectivity index (χ3n) is 3.75. The van der Waals surface area contributed by atoms with Gasteiger partial charge in [-0.2, -0.15) is 5.10 Å². The highest BCUT2D eigenvalue weighted by Gasteiger charge is 2.11. The van der Waals surface area contributed by atoms with Crippen LogP contribution in [0.25, 0.3) is 16.7 Å². The van der Waals surface area contributed by atoms with Crippen LogP contribution in [0.5, 0.6) is 0 Å². The van der Waals surface area contributed by atoms with Gasteiger partial charge in [-0.3, -0.25) is 9.67 Å². The molecule has 4 rings (SSSR count). The lowest BCUT2D eigenvalue weighted by Crippen LogP contribution is -2.09. The van der Waals surface area contributed by atoms with Gasteiger partial charge in [-0.1, -0.05) is 35.0 Å². The summed E-state index contributed by atoms with van der Waals surface area (Å²) in [5.74, 6) is 0.787. The van der Waals surface area contributed by atoms with E-state index in [9.17, 15) is 0 Å². The molecular formula is C16H14N6S. The van der Waals surface area contributed by atoms with Crippen LogP contribution in [0.4, 0.5) is 0 Å². The summed E-state index contributed by atoms with van der Waals surface area (Å²) in [6, 6.07) is 16.0. The maximum Gasteiger partial charge on any atom is 0.199 e. The highest BCUT2D eigenvalue weighted by Crippen LogP contribution is 2.15. The average Bonchev–Trinajstić information content (AvgIpc) is 3.13. The van der Waals surface area contributed by atoms with Crippen molar-refractivity contribution >= 4 is 23.3 Å². The van der Waals surface area contributed by atoms with Gasteiger partial charge in [0.25, 0.3) is 0 Å². The van der Waals surface area contributed by atoms with Crippen molar-refractivity contribution in [3.8, 4) is 5.69 Å². The molecule has 0 aliphatic carbocycles. The molecule has 0 radical (unpaired) electrons. The van der Waals surface area contributed by atoms with Gasteiger partial charge in [-0.05, 0) is 43.4 Å². The van der Waals surface area contributed by atoms with E-state index in [-0.39, 0.29) is 0 Å². The van der Waals surface area contributed by atoms with Crippen LogP contribution >= 0.6 is 12.2 Å². The minimum atomic E-state index is 0.488. The molecule has 0 bridgehead atoms. The minimum absolute atomic E-state index is 0.488. The molecule has 2 aromatic carbocycles. The Bertz CT molecular complexity index is 1020. The Morgan fingerprint density at radius 2 is 1.87 bits per heavy atom. The molecule has 0 spiro atoms. The number of rotatable bonds is 3. The molecule has 0 saturated carbocycles. The van der Waals surface area contributed by atoms with Crippen molar-refractivity contribution in [2.24, 2.45) is 0 Å². The van der Waals surface area contributed by atoms with Gasteiger partial charge in [0.1, 0.15) is 12.1 Å². The Kier molecular flexibility index (Phi) is 3.27. The largest absolute Gasteiger partial charge is 0.271 e. The van der Waals surface area contributed by atoms with Crippen LogP contribution in [0.15, 0.2) is 48.5 Å². The van der Waals surface area contributed by atoms with Crippen LogP contribution in [0.3, 0.4) is 0 Å². The Morgan fingerprint density at radius 3 is 2.70 bits per heavy atom. The first-order valence-corrected chi connectivity index (χ1v) is 7.65. The van der Waals surface area contributed by atoms with E-state index < -0.39 is 0 Å². The van der Waals surface area contributed by atoms with Gasteiger partial charge in [0.05, 0.1) is 5.52 Å². The molecule has 0 aliphatic heterocycles. The summed E-state index contributed by atoms with van der Waals surface area (Å²) in [7, 11) is 0. The monoisotopic (exact) mass is 322 g/mol. The summed E-state index contributed by atoms with van der Waals surface area (Å²) >= 11 is 5.38. The van der Waals surface area contributed by atoms with Gasteiger partial charge in [0.2, 0.25) is 0 Å². The maximum absolute atomic E-state index is 5.38. The number of fused-ring (bicyclic) bond motifs is 1. The molecule has 114 valence electrons. The van der Waals surface area contributed by atoms with Gasteiger partial charge in [0.15, 0.2) is 10.6 Å². The van der Waals surface area contributed by atoms with Crippen molar-refractivity contribution in [3.63, 3.8) is 0 Å². The number of H-pyrrole nitrogens is 1. The SMILES string of the molecule is Cc1ccc(-n2c(Cn3nnc4ccccc43)n[nH]c2=S)cc1. The first-order chi connectivity index (χ1) is 11.2. The topological polar surface area (TPSA) is 64.3 Å². The summed E-state index contributed by atoms with van der Waals surface area (Å²) in [5, 5.41) is 15.6. The van der Waals surface area contributed by atoms with E-state index in [0.29, 0.717) is 11.3 Å². The molecule has 0 saturated heterocycles. The zero-order chi connectivity index (χ0) is 15.8. The van der Waals surface area contributed by atoms with E-state index in [1.54, 1.807) is 0 Å². The number of hydrogen-bond acceptors (Lipinski definition) is 4. The van der Waals surface area contributed by atoms with E-state index in [0.717, 1.165) is 22.5 Å². The lowest BCUT2D eigenvalue weighted by atomic mass is 10.2. The lowest BCUT2D eigenvalue weighted by molar-refractivity contribution is 0.633. The van der Waals surface area contributed by atoms with Crippen LogP contribution < -0.4 is 0 Å². The standard InChI is InChI=1S/C16H14N6S/c1-11-6-8-12(9-7-11)22-15(18-19-16(22)23)10-21-14-5-3-2-4-13(14)17-20-21/h2-9H,10H2,1H3,(H,19,23). The number of aromatic nitrogens is 6. The third kappa shape index (κ3) is 2.44. The average molecular weight is 322 g/mol. The van der Waals surface area contributed by atoms with Crippen molar-refractivity contribution in [2.45, 2.75) is 13.5 Å². The quantitative estimate of drug-likeness (QED) is 0.589. The number of hydrogen-bond donors (Lipinski definition) is 1. The highest BCUT2D eigenvalue weighted by molar-refractivity contribution is 7.71. The lowest BCUT2D eigenvalue weighted by Gasteiger charge is -2.07. The molecule has 23 heavy (non-hydrogen) atoms. The third-order valence-corrected chi connectivity index (χ3v) is 4.02. The Labute approximate surface area is 137 Å². The zero-order valence-corrected chi connectivity index (χ0v) is 13.3. The van der Waals surface area contributed by atoms with Crippen molar-refractivity contribution < 1.29 is 0 Å². The van der Waals surface area contributed by atoms with Crippen LogP contribution in [0, 0.1) is 11.7 Å². The van der Waals surface area contributed by atoms with Gasteiger partial charge in [-0.15, -0.1) is 5.10 Å².